The maximum atomic E-state index is 10.1. The highest BCUT2D eigenvalue weighted by molar-refractivity contribution is 5.85. The molecule has 0 bridgehead atoms. The van der Waals surface area contributed by atoms with Crippen LogP contribution in [0.3, 0.4) is 0 Å². The highest BCUT2D eigenvalue weighted by Gasteiger charge is 2.02. The van der Waals surface area contributed by atoms with E-state index >= 15 is 0 Å². The summed E-state index contributed by atoms with van der Waals surface area (Å²) in [5, 5.41) is 18.7. The van der Waals surface area contributed by atoms with Gasteiger partial charge in [-0.3, -0.25) is 4.79 Å². The van der Waals surface area contributed by atoms with Crippen LogP contribution in [0.25, 0.3) is 0 Å². The standard InChI is InChI=1S/C6H9NO4/c1-4(6(10)11)7-3-2-5(8)9/h7H,1-3H2,(H,8,9)(H,10,11). The Morgan fingerprint density at radius 3 is 2.27 bits per heavy atom. The molecule has 62 valence electrons. The van der Waals surface area contributed by atoms with Crippen LogP contribution in [0, 0.1) is 0 Å². The Morgan fingerprint density at radius 1 is 1.36 bits per heavy atom. The van der Waals surface area contributed by atoms with Crippen molar-refractivity contribution in [2.75, 3.05) is 6.54 Å². The van der Waals surface area contributed by atoms with E-state index in [1.807, 2.05) is 0 Å². The van der Waals surface area contributed by atoms with E-state index in [0.717, 1.165) is 0 Å². The molecule has 0 radical (unpaired) electrons. The van der Waals surface area contributed by atoms with Crippen molar-refractivity contribution in [1.82, 2.24) is 5.32 Å². The lowest BCUT2D eigenvalue weighted by Crippen LogP contribution is -2.21. The van der Waals surface area contributed by atoms with E-state index in [-0.39, 0.29) is 18.7 Å². The van der Waals surface area contributed by atoms with Gasteiger partial charge in [-0.2, -0.15) is 0 Å². The molecule has 0 heterocycles. The van der Waals surface area contributed by atoms with Crippen LogP contribution in [-0.2, 0) is 9.59 Å². The van der Waals surface area contributed by atoms with Gasteiger partial charge in [0.05, 0.1) is 6.42 Å². The van der Waals surface area contributed by atoms with Crippen molar-refractivity contribution in [3.8, 4) is 0 Å². The van der Waals surface area contributed by atoms with E-state index in [1.54, 1.807) is 0 Å². The Balaban J connectivity index is 3.47. The van der Waals surface area contributed by atoms with Gasteiger partial charge in [0.15, 0.2) is 0 Å². The smallest absolute Gasteiger partial charge is 0.351 e. The molecule has 5 heteroatoms. The fraction of sp³-hybridized carbons (Fsp3) is 0.333. The molecule has 0 saturated carbocycles. The van der Waals surface area contributed by atoms with Gasteiger partial charge in [-0.15, -0.1) is 0 Å². The topological polar surface area (TPSA) is 86.6 Å². The van der Waals surface area contributed by atoms with Crippen molar-refractivity contribution in [1.29, 1.82) is 0 Å². The molecule has 0 aliphatic heterocycles. The number of hydrogen-bond acceptors (Lipinski definition) is 3. The first-order chi connectivity index (χ1) is 5.04. The summed E-state index contributed by atoms with van der Waals surface area (Å²) in [4.78, 5) is 20.0. The second-order valence-corrected chi connectivity index (χ2v) is 1.85. The molecule has 0 aliphatic carbocycles. The first-order valence-corrected chi connectivity index (χ1v) is 2.92. The Morgan fingerprint density at radius 2 is 1.91 bits per heavy atom. The summed E-state index contributed by atoms with van der Waals surface area (Å²) in [6.07, 6.45) is -0.119. The van der Waals surface area contributed by atoms with Crippen molar-refractivity contribution < 1.29 is 19.8 Å². The van der Waals surface area contributed by atoms with Crippen molar-refractivity contribution >= 4 is 11.9 Å². The summed E-state index contributed by atoms with van der Waals surface area (Å²) < 4.78 is 0. The second-order valence-electron chi connectivity index (χ2n) is 1.85. The molecule has 11 heavy (non-hydrogen) atoms. The molecule has 0 amide bonds. The van der Waals surface area contributed by atoms with Crippen LogP contribution in [0.5, 0.6) is 0 Å². The number of carbonyl (C=O) groups is 2. The fourth-order valence-electron chi connectivity index (χ4n) is 0.396. The Kier molecular flexibility index (Phi) is 3.72. The minimum Gasteiger partial charge on any atom is -0.481 e. The summed E-state index contributed by atoms with van der Waals surface area (Å²) in [6, 6.07) is 0. The van der Waals surface area contributed by atoms with Gasteiger partial charge in [0.25, 0.3) is 0 Å². The van der Waals surface area contributed by atoms with Gasteiger partial charge in [-0.05, 0) is 0 Å². The van der Waals surface area contributed by atoms with Crippen LogP contribution in [0.2, 0.25) is 0 Å². The highest BCUT2D eigenvalue weighted by atomic mass is 16.4. The summed E-state index contributed by atoms with van der Waals surface area (Å²) in [6.45, 7) is 3.23. The zero-order valence-electron chi connectivity index (χ0n) is 5.83. The molecular formula is C6H9NO4. The van der Waals surface area contributed by atoms with E-state index in [2.05, 4.69) is 11.9 Å². The van der Waals surface area contributed by atoms with Crippen LogP contribution < -0.4 is 5.32 Å². The molecule has 0 rings (SSSR count). The number of aliphatic carboxylic acids is 2. The number of rotatable bonds is 5. The monoisotopic (exact) mass is 159 g/mol. The lowest BCUT2D eigenvalue weighted by molar-refractivity contribution is -0.137. The molecule has 0 aromatic heterocycles. The summed E-state index contributed by atoms with van der Waals surface area (Å²) in [7, 11) is 0. The predicted octanol–water partition coefficient (Wildman–Crippen LogP) is -0.351. The minimum atomic E-state index is -1.17. The number of carboxylic acids is 2. The number of carboxylic acid groups (broad SMARTS) is 2. The number of nitrogens with one attached hydrogen (secondary N) is 1. The maximum Gasteiger partial charge on any atom is 0.351 e. The van der Waals surface area contributed by atoms with Crippen LogP contribution in [0.1, 0.15) is 6.42 Å². The van der Waals surface area contributed by atoms with E-state index in [4.69, 9.17) is 10.2 Å². The summed E-state index contributed by atoms with van der Waals surface area (Å²) in [5.41, 5.74) is -0.189. The van der Waals surface area contributed by atoms with Gasteiger partial charge in [0.1, 0.15) is 5.70 Å². The average molecular weight is 159 g/mol. The minimum absolute atomic E-state index is 0.0838. The molecule has 0 aromatic carbocycles. The third-order valence-corrected chi connectivity index (χ3v) is 0.935. The van der Waals surface area contributed by atoms with E-state index < -0.39 is 11.9 Å². The molecule has 0 atom stereocenters. The van der Waals surface area contributed by atoms with Crippen molar-refractivity contribution in [2.24, 2.45) is 0 Å². The number of hydrogen-bond donors (Lipinski definition) is 3. The van der Waals surface area contributed by atoms with Gasteiger partial charge in [0, 0.05) is 6.54 Å². The van der Waals surface area contributed by atoms with E-state index in [1.165, 1.54) is 0 Å². The molecule has 0 fully saturated rings. The van der Waals surface area contributed by atoms with Crippen LogP contribution >= 0.6 is 0 Å². The van der Waals surface area contributed by atoms with Gasteiger partial charge in [0.2, 0.25) is 0 Å². The van der Waals surface area contributed by atoms with Gasteiger partial charge in [-0.1, -0.05) is 6.58 Å². The maximum absolute atomic E-state index is 10.1. The van der Waals surface area contributed by atoms with Crippen molar-refractivity contribution in [2.45, 2.75) is 6.42 Å². The first kappa shape index (κ1) is 9.48. The van der Waals surface area contributed by atoms with E-state index in [0.29, 0.717) is 0 Å². The fourth-order valence-corrected chi connectivity index (χ4v) is 0.396. The normalized spacial score (nSPS) is 8.73. The van der Waals surface area contributed by atoms with Crippen LogP contribution in [-0.4, -0.2) is 28.7 Å². The predicted molar refractivity (Wildman–Crippen MR) is 37.0 cm³/mol. The Hall–Kier alpha value is -1.52. The average Bonchev–Trinajstić information content (AvgIpc) is 1.86. The second kappa shape index (κ2) is 4.32. The molecular weight excluding hydrogens is 150 g/mol. The highest BCUT2D eigenvalue weighted by Crippen LogP contribution is 1.84. The molecule has 3 N–H and O–H groups in total. The lowest BCUT2D eigenvalue weighted by Gasteiger charge is -2.01. The molecule has 0 aliphatic rings. The lowest BCUT2D eigenvalue weighted by atomic mass is 10.4. The van der Waals surface area contributed by atoms with Gasteiger partial charge >= 0.3 is 11.9 Å². The summed E-state index contributed by atoms with van der Waals surface area (Å²) >= 11 is 0. The quantitative estimate of drug-likeness (QED) is 0.477. The third kappa shape index (κ3) is 4.95. The van der Waals surface area contributed by atoms with Gasteiger partial charge < -0.3 is 15.5 Å². The van der Waals surface area contributed by atoms with Crippen LogP contribution in [0.15, 0.2) is 12.3 Å². The molecule has 0 spiro atoms. The molecule has 0 unspecified atom stereocenters. The van der Waals surface area contributed by atoms with E-state index in [9.17, 15) is 9.59 Å². The first-order valence-electron chi connectivity index (χ1n) is 2.92. The molecule has 0 aromatic rings. The third-order valence-electron chi connectivity index (χ3n) is 0.935. The zero-order chi connectivity index (χ0) is 8.85. The Bertz CT molecular complexity index is 187. The SMILES string of the molecule is C=C(NCCC(=O)O)C(=O)O. The largest absolute Gasteiger partial charge is 0.481 e. The summed E-state index contributed by atoms with van der Waals surface area (Å²) in [5.74, 6) is -2.15. The van der Waals surface area contributed by atoms with Crippen molar-refractivity contribution in [3.05, 3.63) is 12.3 Å². The Labute approximate surface area is 63.3 Å². The molecule has 5 nitrogen and oxygen atoms in total. The van der Waals surface area contributed by atoms with Crippen molar-refractivity contribution in [3.63, 3.8) is 0 Å². The van der Waals surface area contributed by atoms with Gasteiger partial charge in [-0.25, -0.2) is 4.79 Å². The molecule has 0 saturated heterocycles. The zero-order valence-corrected chi connectivity index (χ0v) is 5.83. The van der Waals surface area contributed by atoms with Crippen LogP contribution in [0.4, 0.5) is 0 Å².